The third kappa shape index (κ3) is 7.55. The first-order chi connectivity index (χ1) is 36.7. The van der Waals surface area contributed by atoms with E-state index in [1.54, 1.807) is 0 Å². The lowest BCUT2D eigenvalue weighted by Crippen LogP contribution is -1.92. The van der Waals surface area contributed by atoms with Crippen LogP contribution in [-0.2, 0) is 0 Å². The Bertz CT molecular complexity index is 4170. The molecule has 0 heterocycles. The van der Waals surface area contributed by atoms with Crippen molar-refractivity contribution in [3.05, 3.63) is 291 Å². The average Bonchev–Trinajstić information content (AvgIpc) is 3.50. The summed E-state index contributed by atoms with van der Waals surface area (Å²) in [6.07, 6.45) is 0. The van der Waals surface area contributed by atoms with Crippen molar-refractivity contribution in [2.45, 2.75) is 0 Å². The van der Waals surface area contributed by atoms with Gasteiger partial charge in [-0.3, -0.25) is 0 Å². The van der Waals surface area contributed by atoms with Crippen molar-refractivity contribution < 1.29 is 0 Å². The molecule has 0 aromatic heterocycles. The highest BCUT2D eigenvalue weighted by atomic mass is 14.2. The molecule has 0 atom stereocenters. The molecule has 0 spiro atoms. The molecule has 0 aliphatic rings. The van der Waals surface area contributed by atoms with Crippen LogP contribution in [0.3, 0.4) is 0 Å². The van der Waals surface area contributed by atoms with Gasteiger partial charge in [-0.05, 0) is 179 Å². The van der Waals surface area contributed by atoms with Crippen LogP contribution in [0.4, 0.5) is 0 Å². The Labute approximate surface area is 431 Å². The van der Waals surface area contributed by atoms with Gasteiger partial charge in [0.05, 0.1) is 0 Å². The minimum atomic E-state index is 1.18. The van der Waals surface area contributed by atoms with Gasteiger partial charge in [-0.2, -0.15) is 0 Å². The zero-order valence-corrected chi connectivity index (χ0v) is 40.7. The molecule has 0 amide bonds. The van der Waals surface area contributed by atoms with E-state index in [1.807, 2.05) is 0 Å². The van der Waals surface area contributed by atoms with Gasteiger partial charge in [0, 0.05) is 0 Å². The quantitative estimate of drug-likeness (QED) is 0.142. The first kappa shape index (κ1) is 43.2. The molecule has 0 saturated heterocycles. The smallest absolute Gasteiger partial charge is 0.00926 e. The molecular weight excluding hydrogens is 889 g/mol. The van der Waals surface area contributed by atoms with Gasteiger partial charge in [-0.1, -0.05) is 255 Å². The van der Waals surface area contributed by atoms with Gasteiger partial charge in [-0.15, -0.1) is 0 Å². The van der Waals surface area contributed by atoms with E-state index in [2.05, 4.69) is 291 Å². The molecule has 0 nitrogen and oxygen atoms in total. The van der Waals surface area contributed by atoms with Crippen molar-refractivity contribution in [1.82, 2.24) is 0 Å². The van der Waals surface area contributed by atoms with E-state index in [4.69, 9.17) is 0 Å². The molecule has 344 valence electrons. The Balaban J connectivity index is 0.915. The topological polar surface area (TPSA) is 0 Å². The van der Waals surface area contributed by atoms with Gasteiger partial charge in [-0.25, -0.2) is 0 Å². The van der Waals surface area contributed by atoms with Crippen LogP contribution in [-0.4, -0.2) is 0 Å². The maximum Gasteiger partial charge on any atom is -0.00926 e. The summed E-state index contributed by atoms with van der Waals surface area (Å²) in [5.74, 6) is 0. The van der Waals surface area contributed by atoms with Gasteiger partial charge in [0.25, 0.3) is 0 Å². The molecule has 0 N–H and O–H groups in total. The van der Waals surface area contributed by atoms with Crippen molar-refractivity contribution in [3.8, 4) is 89.0 Å². The molecule has 0 heteroatoms. The summed E-state index contributed by atoms with van der Waals surface area (Å²) in [7, 11) is 0. The highest BCUT2D eigenvalue weighted by Gasteiger charge is 2.18. The zero-order valence-electron chi connectivity index (χ0n) is 40.7. The van der Waals surface area contributed by atoms with Crippen LogP contribution in [0, 0.1) is 0 Å². The second-order valence-electron chi connectivity index (χ2n) is 19.5. The van der Waals surface area contributed by atoms with Crippen LogP contribution in [0.2, 0.25) is 0 Å². The van der Waals surface area contributed by atoms with E-state index in [1.165, 1.54) is 143 Å². The third-order valence-corrected chi connectivity index (χ3v) is 15.3. The number of fused-ring (bicyclic) bond motifs is 5. The fourth-order valence-corrected chi connectivity index (χ4v) is 11.8. The highest BCUT2D eigenvalue weighted by molar-refractivity contribution is 6.13. The first-order valence-corrected chi connectivity index (χ1v) is 25.6. The van der Waals surface area contributed by atoms with Crippen LogP contribution >= 0.6 is 0 Å². The number of rotatable bonds is 8. The van der Waals surface area contributed by atoms with E-state index in [9.17, 15) is 0 Å². The molecule has 14 aromatic rings. The largest absolute Gasteiger partial charge is 0.0622 e. The van der Waals surface area contributed by atoms with E-state index < -0.39 is 0 Å². The Morgan fingerprint density at radius 3 is 0.838 bits per heavy atom. The SMILES string of the molecule is c1ccc(-c2cc(-c3cccc(-c4cccc5c(-c6cccc7ccccc67)cccc45)c3)cc3c(-c4ccccc4)cc(-c4cccc(-c5cccc6c(-c7cccc8ccccc78)cccc56)c4)cc23)cc1. The third-order valence-electron chi connectivity index (χ3n) is 15.3. The van der Waals surface area contributed by atoms with Crippen molar-refractivity contribution in [1.29, 1.82) is 0 Å². The lowest BCUT2D eigenvalue weighted by atomic mass is 9.85. The second kappa shape index (κ2) is 18.2. The Morgan fingerprint density at radius 1 is 0.122 bits per heavy atom. The Hall–Kier alpha value is -9.62. The summed E-state index contributed by atoms with van der Waals surface area (Å²) in [4.78, 5) is 0. The molecule has 0 aliphatic heterocycles. The molecule has 0 aliphatic carbocycles. The van der Waals surface area contributed by atoms with E-state index >= 15 is 0 Å². The van der Waals surface area contributed by atoms with Gasteiger partial charge in [0.15, 0.2) is 0 Å². The van der Waals surface area contributed by atoms with Crippen molar-refractivity contribution in [3.63, 3.8) is 0 Å². The zero-order chi connectivity index (χ0) is 49.0. The standard InChI is InChI=1S/C74H48/c1-3-19-51(20-4-1)71-45-57(53-27-11-29-55(43-53)61-33-15-39-69-65(61)37-17-41-67(69)63-35-13-25-49-23-7-9-31-59(49)63)48-74-72(52-21-5-2-6-22-52)46-58(47-73(71)74)54-28-12-30-56(44-54)62-34-16-40-70-66(62)38-18-42-68(70)64-36-14-26-50-24-8-10-32-60(50)64/h1-48H. The molecule has 0 fully saturated rings. The molecule has 0 bridgehead atoms. The summed E-state index contributed by atoms with van der Waals surface area (Å²) in [6, 6.07) is 108. The Morgan fingerprint density at radius 2 is 0.405 bits per heavy atom. The fraction of sp³-hybridized carbons (Fsp3) is 0. The molecule has 0 unspecified atom stereocenters. The van der Waals surface area contributed by atoms with E-state index in [-0.39, 0.29) is 0 Å². The normalized spacial score (nSPS) is 11.5. The summed E-state index contributed by atoms with van der Waals surface area (Å²) in [6.45, 7) is 0. The lowest BCUT2D eigenvalue weighted by Gasteiger charge is -2.18. The fourth-order valence-electron chi connectivity index (χ4n) is 11.8. The van der Waals surface area contributed by atoms with Crippen LogP contribution in [0.15, 0.2) is 291 Å². The van der Waals surface area contributed by atoms with Gasteiger partial charge in [0.2, 0.25) is 0 Å². The molecular formula is C74H48. The van der Waals surface area contributed by atoms with Gasteiger partial charge >= 0.3 is 0 Å². The Kier molecular flexibility index (Phi) is 10.6. The van der Waals surface area contributed by atoms with E-state index in [0.717, 1.165) is 0 Å². The van der Waals surface area contributed by atoms with Crippen molar-refractivity contribution in [2.24, 2.45) is 0 Å². The number of hydrogen-bond donors (Lipinski definition) is 0. The maximum atomic E-state index is 2.43. The summed E-state index contributed by atoms with van der Waals surface area (Å²) in [5, 5.41) is 12.5. The first-order valence-electron chi connectivity index (χ1n) is 25.6. The van der Waals surface area contributed by atoms with Crippen LogP contribution < -0.4 is 0 Å². The molecule has 14 aromatic carbocycles. The summed E-state index contributed by atoms with van der Waals surface area (Å²) in [5.41, 5.74) is 19.4. The van der Waals surface area contributed by atoms with Crippen LogP contribution in [0.25, 0.3) is 143 Å². The maximum absolute atomic E-state index is 2.43. The molecule has 74 heavy (non-hydrogen) atoms. The van der Waals surface area contributed by atoms with E-state index in [0.29, 0.717) is 0 Å². The average molecular weight is 937 g/mol. The minimum absolute atomic E-state index is 1.18. The minimum Gasteiger partial charge on any atom is -0.0622 e. The number of benzene rings is 14. The predicted molar refractivity (Wildman–Crippen MR) is 317 cm³/mol. The predicted octanol–water partition coefficient (Wildman–Crippen LogP) is 20.8. The summed E-state index contributed by atoms with van der Waals surface area (Å²) >= 11 is 0. The van der Waals surface area contributed by atoms with Gasteiger partial charge < -0.3 is 0 Å². The van der Waals surface area contributed by atoms with Gasteiger partial charge in [0.1, 0.15) is 0 Å². The van der Waals surface area contributed by atoms with Crippen molar-refractivity contribution in [2.75, 3.05) is 0 Å². The molecule has 14 rings (SSSR count). The highest BCUT2D eigenvalue weighted by Crippen LogP contribution is 2.45. The number of hydrogen-bond acceptors (Lipinski definition) is 0. The summed E-state index contributed by atoms with van der Waals surface area (Å²) < 4.78 is 0. The lowest BCUT2D eigenvalue weighted by molar-refractivity contribution is 1.58. The monoisotopic (exact) mass is 936 g/mol. The molecule has 0 radical (unpaired) electrons. The van der Waals surface area contributed by atoms with Crippen LogP contribution in [0.1, 0.15) is 0 Å². The second-order valence-corrected chi connectivity index (χ2v) is 19.5. The molecule has 0 saturated carbocycles. The van der Waals surface area contributed by atoms with Crippen molar-refractivity contribution >= 4 is 53.9 Å². The van der Waals surface area contributed by atoms with Crippen LogP contribution in [0.5, 0.6) is 0 Å².